The van der Waals surface area contributed by atoms with E-state index in [0.717, 1.165) is 42.8 Å². The minimum absolute atomic E-state index is 0.113. The molecular formula is C21H30N4O3S. The number of aromatic nitrogens is 3. The number of carbonyl (C=O) groups excluding carboxylic acids is 1. The number of aryl methyl sites for hydroxylation is 1. The van der Waals surface area contributed by atoms with E-state index in [1.54, 1.807) is 11.7 Å². The molecule has 1 amide bonds. The molecule has 29 heavy (non-hydrogen) atoms. The van der Waals surface area contributed by atoms with Crippen LogP contribution in [0, 0.1) is 4.77 Å². The van der Waals surface area contributed by atoms with Gasteiger partial charge < -0.3 is 14.8 Å². The topological polar surface area (TPSA) is 81.2 Å². The van der Waals surface area contributed by atoms with E-state index in [4.69, 9.17) is 21.7 Å². The summed E-state index contributed by atoms with van der Waals surface area (Å²) in [7, 11) is 1.64. The lowest BCUT2D eigenvalue weighted by molar-refractivity contribution is -0.122. The SMILES string of the molecule is CCCc1n[nH]c(=S)n1CC(=O)NC(C)c1ccc(OC2CCCC2)c(OC)c1. The Morgan fingerprint density at radius 3 is 2.83 bits per heavy atom. The molecule has 1 heterocycles. The Bertz CT molecular complexity index is 886. The largest absolute Gasteiger partial charge is 0.493 e. The normalized spacial score (nSPS) is 15.3. The summed E-state index contributed by atoms with van der Waals surface area (Å²) in [4.78, 5) is 12.6. The molecule has 1 atom stereocenters. The maximum Gasteiger partial charge on any atom is 0.240 e. The Balaban J connectivity index is 1.65. The lowest BCUT2D eigenvalue weighted by atomic mass is 10.1. The highest BCUT2D eigenvalue weighted by molar-refractivity contribution is 7.71. The van der Waals surface area contributed by atoms with Crippen LogP contribution in [-0.4, -0.2) is 33.9 Å². The summed E-state index contributed by atoms with van der Waals surface area (Å²) in [6.45, 7) is 4.17. The number of aromatic amines is 1. The summed E-state index contributed by atoms with van der Waals surface area (Å²) >= 11 is 5.25. The predicted molar refractivity (Wildman–Crippen MR) is 114 cm³/mol. The van der Waals surface area contributed by atoms with Crippen molar-refractivity contribution in [2.75, 3.05) is 7.11 Å². The van der Waals surface area contributed by atoms with Crippen LogP contribution in [0.15, 0.2) is 18.2 Å². The van der Waals surface area contributed by atoms with Gasteiger partial charge in [0.25, 0.3) is 0 Å². The molecule has 1 unspecified atom stereocenters. The number of hydrogen-bond donors (Lipinski definition) is 2. The van der Waals surface area contributed by atoms with Gasteiger partial charge in [0.05, 0.1) is 19.3 Å². The third-order valence-corrected chi connectivity index (χ3v) is 5.59. The fourth-order valence-corrected chi connectivity index (χ4v) is 3.89. The van der Waals surface area contributed by atoms with Gasteiger partial charge in [-0.1, -0.05) is 13.0 Å². The third kappa shape index (κ3) is 5.38. The van der Waals surface area contributed by atoms with Crippen LogP contribution < -0.4 is 14.8 Å². The van der Waals surface area contributed by atoms with Crippen molar-refractivity contribution in [3.8, 4) is 11.5 Å². The van der Waals surface area contributed by atoms with E-state index >= 15 is 0 Å². The van der Waals surface area contributed by atoms with Gasteiger partial charge in [-0.2, -0.15) is 5.10 Å². The first kappa shape index (κ1) is 21.4. The van der Waals surface area contributed by atoms with Crippen LogP contribution in [0.3, 0.4) is 0 Å². The molecule has 0 spiro atoms. The molecule has 1 saturated carbocycles. The highest BCUT2D eigenvalue weighted by atomic mass is 32.1. The molecule has 0 aliphatic heterocycles. The molecule has 2 aromatic rings. The standard InChI is InChI=1S/C21H30N4O3S/c1-4-7-19-23-24-21(29)25(19)13-20(26)22-14(2)15-10-11-17(18(12-15)27-3)28-16-8-5-6-9-16/h10-12,14,16H,4-9,13H2,1-3H3,(H,22,26)(H,24,29). The number of hydrogen-bond acceptors (Lipinski definition) is 5. The van der Waals surface area contributed by atoms with Gasteiger partial charge in [0, 0.05) is 6.42 Å². The average molecular weight is 419 g/mol. The highest BCUT2D eigenvalue weighted by Gasteiger charge is 2.20. The third-order valence-electron chi connectivity index (χ3n) is 5.27. The second kappa shape index (κ2) is 9.91. The first-order valence-corrected chi connectivity index (χ1v) is 10.7. The summed E-state index contributed by atoms with van der Waals surface area (Å²) in [5.41, 5.74) is 0.957. The van der Waals surface area contributed by atoms with Gasteiger partial charge in [-0.25, -0.2) is 0 Å². The van der Waals surface area contributed by atoms with Crippen LogP contribution >= 0.6 is 12.2 Å². The number of nitrogens with zero attached hydrogens (tertiary/aromatic N) is 2. The number of amides is 1. The van der Waals surface area contributed by atoms with Crippen LogP contribution in [0.25, 0.3) is 0 Å². The lowest BCUT2D eigenvalue weighted by Crippen LogP contribution is -2.30. The van der Waals surface area contributed by atoms with Gasteiger partial charge >= 0.3 is 0 Å². The Kier molecular flexibility index (Phi) is 7.30. The van der Waals surface area contributed by atoms with Gasteiger partial charge in [-0.05, 0) is 68.9 Å². The van der Waals surface area contributed by atoms with Crippen LogP contribution in [0.4, 0.5) is 0 Å². The van der Waals surface area contributed by atoms with Gasteiger partial charge in [-0.3, -0.25) is 14.5 Å². The van der Waals surface area contributed by atoms with E-state index in [9.17, 15) is 4.79 Å². The fourth-order valence-electron chi connectivity index (χ4n) is 3.68. The number of benzene rings is 1. The second-order valence-electron chi connectivity index (χ2n) is 7.50. The molecule has 0 saturated heterocycles. The number of methoxy groups -OCH3 is 1. The average Bonchev–Trinajstić information content (AvgIpc) is 3.33. The number of carbonyl (C=O) groups is 1. The maximum atomic E-state index is 12.6. The number of rotatable bonds is 9. The molecule has 7 nitrogen and oxygen atoms in total. The van der Waals surface area contributed by atoms with Crippen LogP contribution in [0.1, 0.15) is 63.4 Å². The molecular weight excluding hydrogens is 388 g/mol. The lowest BCUT2D eigenvalue weighted by Gasteiger charge is -2.19. The zero-order valence-electron chi connectivity index (χ0n) is 17.4. The Morgan fingerprint density at radius 2 is 2.14 bits per heavy atom. The van der Waals surface area contributed by atoms with Gasteiger partial charge in [0.1, 0.15) is 12.4 Å². The number of ether oxygens (including phenoxy) is 2. The van der Waals surface area contributed by atoms with E-state index in [2.05, 4.69) is 22.4 Å². The fraction of sp³-hybridized carbons (Fsp3) is 0.571. The molecule has 3 rings (SSSR count). The number of nitrogens with one attached hydrogen (secondary N) is 2. The van der Waals surface area contributed by atoms with E-state index in [1.165, 1.54) is 12.8 Å². The molecule has 1 aliphatic rings. The molecule has 0 radical (unpaired) electrons. The zero-order valence-corrected chi connectivity index (χ0v) is 18.2. The van der Waals surface area contributed by atoms with Crippen molar-refractivity contribution in [3.63, 3.8) is 0 Å². The predicted octanol–water partition coefficient (Wildman–Crippen LogP) is 4.10. The molecule has 1 fully saturated rings. The van der Waals surface area contributed by atoms with Crippen LogP contribution in [0.2, 0.25) is 0 Å². The van der Waals surface area contributed by atoms with Gasteiger partial charge in [-0.15, -0.1) is 0 Å². The summed E-state index contributed by atoms with van der Waals surface area (Å²) in [6.07, 6.45) is 6.59. The van der Waals surface area contributed by atoms with E-state index in [-0.39, 0.29) is 24.6 Å². The molecule has 158 valence electrons. The molecule has 1 aliphatic carbocycles. The first-order chi connectivity index (χ1) is 14.0. The minimum Gasteiger partial charge on any atom is -0.493 e. The van der Waals surface area contributed by atoms with Crippen molar-refractivity contribution in [2.45, 2.75) is 71.1 Å². The second-order valence-corrected chi connectivity index (χ2v) is 7.89. The van der Waals surface area contributed by atoms with Crippen molar-refractivity contribution >= 4 is 18.1 Å². The Labute approximate surface area is 176 Å². The number of H-pyrrole nitrogens is 1. The van der Waals surface area contributed by atoms with Crippen molar-refractivity contribution < 1.29 is 14.3 Å². The molecule has 2 N–H and O–H groups in total. The Morgan fingerprint density at radius 1 is 1.38 bits per heavy atom. The maximum absolute atomic E-state index is 12.6. The van der Waals surface area contributed by atoms with Crippen molar-refractivity contribution in [3.05, 3.63) is 34.4 Å². The summed E-state index contributed by atoms with van der Waals surface area (Å²) < 4.78 is 13.8. The van der Waals surface area contributed by atoms with Gasteiger partial charge in [0.15, 0.2) is 16.3 Å². The van der Waals surface area contributed by atoms with Crippen LogP contribution in [-0.2, 0) is 17.8 Å². The quantitative estimate of drug-likeness (QED) is 0.599. The van der Waals surface area contributed by atoms with E-state index in [0.29, 0.717) is 10.5 Å². The summed E-state index contributed by atoms with van der Waals surface area (Å²) in [6, 6.07) is 5.67. The first-order valence-electron chi connectivity index (χ1n) is 10.3. The Hall–Kier alpha value is -2.35. The van der Waals surface area contributed by atoms with Gasteiger partial charge in [0.2, 0.25) is 5.91 Å². The van der Waals surface area contributed by atoms with E-state index < -0.39 is 0 Å². The minimum atomic E-state index is -0.173. The van der Waals surface area contributed by atoms with Crippen molar-refractivity contribution in [1.29, 1.82) is 0 Å². The highest BCUT2D eigenvalue weighted by Crippen LogP contribution is 2.33. The summed E-state index contributed by atoms with van der Waals surface area (Å²) in [5.74, 6) is 2.14. The van der Waals surface area contributed by atoms with Crippen LogP contribution in [0.5, 0.6) is 11.5 Å². The monoisotopic (exact) mass is 418 g/mol. The molecule has 1 aromatic heterocycles. The summed E-state index contributed by atoms with van der Waals surface area (Å²) in [5, 5.41) is 10.0. The zero-order chi connectivity index (χ0) is 20.8. The molecule has 8 heteroatoms. The molecule has 0 bridgehead atoms. The smallest absolute Gasteiger partial charge is 0.240 e. The molecule has 1 aromatic carbocycles. The van der Waals surface area contributed by atoms with E-state index in [1.807, 2.05) is 25.1 Å². The van der Waals surface area contributed by atoms with Crippen molar-refractivity contribution in [1.82, 2.24) is 20.1 Å². The van der Waals surface area contributed by atoms with Crippen molar-refractivity contribution in [2.24, 2.45) is 0 Å².